The number of allylic oxidation sites excluding steroid dienone is 1. The highest BCUT2D eigenvalue weighted by Gasteiger charge is 2.15. The Morgan fingerprint density at radius 3 is 1.80 bits per heavy atom. The quantitative estimate of drug-likeness (QED) is 0.102. The Kier molecular flexibility index (Phi) is 10.8. The first kappa shape index (κ1) is 33.1. The molecule has 6 aromatic rings. The Morgan fingerprint density at radius 1 is 0.560 bits per heavy atom. The molecule has 0 radical (unpaired) electrons. The summed E-state index contributed by atoms with van der Waals surface area (Å²) in [5, 5.41) is 5.59. The van der Waals surface area contributed by atoms with E-state index >= 15 is 0 Å². The van der Waals surface area contributed by atoms with Crippen molar-refractivity contribution in [3.05, 3.63) is 203 Å². The maximum atomic E-state index is 13.5. The molecule has 6 heteroatoms. The van der Waals surface area contributed by atoms with E-state index < -0.39 is 11.8 Å². The maximum absolute atomic E-state index is 13.5. The largest absolute Gasteiger partial charge is 0.489 e. The summed E-state index contributed by atoms with van der Waals surface area (Å²) < 4.78 is 5.89. The van der Waals surface area contributed by atoms with Crippen LogP contribution in [0.4, 0.5) is 5.69 Å². The van der Waals surface area contributed by atoms with Crippen LogP contribution in [0, 0.1) is 0 Å². The summed E-state index contributed by atoms with van der Waals surface area (Å²) in [6, 6.07) is 50.5. The fraction of sp³-hybridized carbons (Fsp3) is 0.0227. The van der Waals surface area contributed by atoms with E-state index in [2.05, 4.69) is 22.8 Å². The van der Waals surface area contributed by atoms with E-state index in [9.17, 15) is 14.4 Å². The van der Waals surface area contributed by atoms with Gasteiger partial charge in [-0.05, 0) is 88.5 Å². The Balaban J connectivity index is 1.12. The molecule has 0 bridgehead atoms. The molecular formula is C44H34N2O4. The van der Waals surface area contributed by atoms with Gasteiger partial charge in [-0.15, -0.1) is 0 Å². The average Bonchev–Trinajstić information content (AvgIpc) is 3.18. The number of benzene rings is 6. The van der Waals surface area contributed by atoms with Gasteiger partial charge in [-0.25, -0.2) is 0 Å². The predicted octanol–water partition coefficient (Wildman–Crippen LogP) is 9.24. The molecule has 50 heavy (non-hydrogen) atoms. The Labute approximate surface area is 291 Å². The molecule has 0 aliphatic carbocycles. The highest BCUT2D eigenvalue weighted by Crippen LogP contribution is 2.21. The van der Waals surface area contributed by atoms with Crippen LogP contribution < -0.4 is 15.4 Å². The summed E-state index contributed by atoms with van der Waals surface area (Å²) in [5.74, 6) is -0.424. The second kappa shape index (κ2) is 16.4. The van der Waals surface area contributed by atoms with E-state index in [0.717, 1.165) is 22.3 Å². The first-order valence-electron chi connectivity index (χ1n) is 16.1. The number of ketones is 1. The molecule has 0 unspecified atom stereocenters. The molecule has 6 rings (SSSR count). The summed E-state index contributed by atoms with van der Waals surface area (Å²) >= 11 is 0. The molecule has 2 amide bonds. The van der Waals surface area contributed by atoms with Crippen LogP contribution in [0.15, 0.2) is 176 Å². The summed E-state index contributed by atoms with van der Waals surface area (Å²) in [5.41, 5.74) is 6.30. The lowest BCUT2D eigenvalue weighted by molar-refractivity contribution is -0.113. The van der Waals surface area contributed by atoms with Gasteiger partial charge in [0.1, 0.15) is 18.1 Å². The van der Waals surface area contributed by atoms with Gasteiger partial charge in [-0.1, -0.05) is 121 Å². The fourth-order valence-electron chi connectivity index (χ4n) is 5.11. The first-order valence-corrected chi connectivity index (χ1v) is 16.1. The van der Waals surface area contributed by atoms with E-state index in [1.807, 2.05) is 103 Å². The van der Waals surface area contributed by atoms with E-state index in [0.29, 0.717) is 34.7 Å². The molecule has 0 aromatic heterocycles. The molecule has 0 fully saturated rings. The van der Waals surface area contributed by atoms with Crippen molar-refractivity contribution in [1.29, 1.82) is 0 Å². The molecule has 0 atom stereocenters. The molecule has 0 heterocycles. The van der Waals surface area contributed by atoms with Crippen molar-refractivity contribution >= 4 is 35.4 Å². The van der Waals surface area contributed by atoms with Gasteiger partial charge in [-0.2, -0.15) is 0 Å². The first-order chi connectivity index (χ1) is 24.5. The van der Waals surface area contributed by atoms with E-state index in [-0.39, 0.29) is 11.5 Å². The number of rotatable bonds is 12. The number of nitrogens with one attached hydrogen (secondary N) is 2. The van der Waals surface area contributed by atoms with Crippen LogP contribution >= 0.6 is 0 Å². The average molecular weight is 655 g/mol. The summed E-state index contributed by atoms with van der Waals surface area (Å²) in [7, 11) is 0. The molecule has 0 aliphatic heterocycles. The van der Waals surface area contributed by atoms with Crippen molar-refractivity contribution in [2.45, 2.75) is 6.61 Å². The normalized spacial score (nSPS) is 11.2. The van der Waals surface area contributed by atoms with Gasteiger partial charge in [0.15, 0.2) is 5.78 Å². The number of ether oxygens (including phenoxy) is 1. The van der Waals surface area contributed by atoms with Crippen molar-refractivity contribution in [3.8, 4) is 16.9 Å². The molecule has 0 spiro atoms. The minimum absolute atomic E-state index is 0.0539. The van der Waals surface area contributed by atoms with Gasteiger partial charge in [0, 0.05) is 16.8 Å². The lowest BCUT2D eigenvalue weighted by Crippen LogP contribution is -2.30. The molecule has 6 aromatic carbocycles. The second-order valence-corrected chi connectivity index (χ2v) is 11.4. The predicted molar refractivity (Wildman–Crippen MR) is 199 cm³/mol. The van der Waals surface area contributed by atoms with Gasteiger partial charge < -0.3 is 15.4 Å². The molecule has 244 valence electrons. The van der Waals surface area contributed by atoms with Crippen LogP contribution in [0.25, 0.3) is 23.3 Å². The lowest BCUT2D eigenvalue weighted by Gasteiger charge is -2.12. The molecule has 0 aliphatic rings. The zero-order chi connectivity index (χ0) is 34.5. The zero-order valence-corrected chi connectivity index (χ0v) is 27.2. The molecular weight excluding hydrogens is 620 g/mol. The number of hydrogen-bond donors (Lipinski definition) is 2. The minimum atomic E-state index is -0.517. The highest BCUT2D eigenvalue weighted by molar-refractivity contribution is 6.11. The molecule has 6 nitrogen and oxygen atoms in total. The minimum Gasteiger partial charge on any atom is -0.489 e. The van der Waals surface area contributed by atoms with Gasteiger partial charge in [0.25, 0.3) is 11.8 Å². The number of anilines is 1. The van der Waals surface area contributed by atoms with E-state index in [1.54, 1.807) is 60.7 Å². The Morgan fingerprint density at radius 2 is 1.14 bits per heavy atom. The third kappa shape index (κ3) is 9.18. The van der Waals surface area contributed by atoms with Crippen LogP contribution in [0.3, 0.4) is 0 Å². The molecule has 0 saturated heterocycles. The van der Waals surface area contributed by atoms with E-state index in [4.69, 9.17) is 4.74 Å². The highest BCUT2D eigenvalue weighted by atomic mass is 16.5. The second-order valence-electron chi connectivity index (χ2n) is 11.4. The third-order valence-electron chi connectivity index (χ3n) is 7.84. The number of carbonyl (C=O) groups excluding carboxylic acids is 3. The monoisotopic (exact) mass is 654 g/mol. The number of amides is 2. The Hall–Kier alpha value is -6.79. The van der Waals surface area contributed by atoms with Crippen LogP contribution in [0.2, 0.25) is 0 Å². The van der Waals surface area contributed by atoms with Crippen molar-refractivity contribution in [2.24, 2.45) is 0 Å². The number of hydrogen-bond acceptors (Lipinski definition) is 4. The van der Waals surface area contributed by atoms with Crippen molar-refractivity contribution < 1.29 is 19.1 Å². The fourth-order valence-corrected chi connectivity index (χ4v) is 5.11. The van der Waals surface area contributed by atoms with E-state index in [1.165, 1.54) is 6.08 Å². The standard InChI is InChI=1S/C44H34N2O4/c47-42(29-20-32-16-21-36(22-17-32)35-12-6-2-7-13-35)37-23-25-39(26-24-37)45-44(49)41(46-43(48)38-14-8-3-9-15-38)30-33-18-27-40(28-19-33)50-31-34-10-4-1-5-11-34/h1-30H,31H2,(H,45,49)(H,46,48)/b29-20+,41-30-. The van der Waals surface area contributed by atoms with Gasteiger partial charge in [0.2, 0.25) is 0 Å². The van der Waals surface area contributed by atoms with Crippen LogP contribution in [0.1, 0.15) is 37.4 Å². The zero-order valence-electron chi connectivity index (χ0n) is 27.2. The van der Waals surface area contributed by atoms with Crippen molar-refractivity contribution in [2.75, 3.05) is 5.32 Å². The molecule has 2 N–H and O–H groups in total. The Bertz CT molecular complexity index is 2110. The lowest BCUT2D eigenvalue weighted by atomic mass is 10.0. The molecule has 0 saturated carbocycles. The smallest absolute Gasteiger partial charge is 0.272 e. The summed E-state index contributed by atoms with van der Waals surface area (Å²) in [6.45, 7) is 0.431. The van der Waals surface area contributed by atoms with Gasteiger partial charge >= 0.3 is 0 Å². The van der Waals surface area contributed by atoms with Gasteiger partial charge in [0.05, 0.1) is 0 Å². The topological polar surface area (TPSA) is 84.5 Å². The SMILES string of the molecule is O=C(Nc1ccc(C(=O)/C=C/c2ccc(-c3ccccc3)cc2)cc1)/C(=C/c1ccc(OCc2ccccc2)cc1)NC(=O)c1ccccc1. The van der Waals surface area contributed by atoms with Crippen LogP contribution in [-0.4, -0.2) is 17.6 Å². The maximum Gasteiger partial charge on any atom is 0.272 e. The van der Waals surface area contributed by atoms with Gasteiger partial charge in [-0.3, -0.25) is 14.4 Å². The summed E-state index contributed by atoms with van der Waals surface area (Å²) in [4.78, 5) is 39.5. The number of carbonyl (C=O) groups is 3. The third-order valence-corrected chi connectivity index (χ3v) is 7.84. The van der Waals surface area contributed by atoms with Crippen LogP contribution in [-0.2, 0) is 11.4 Å². The van der Waals surface area contributed by atoms with Crippen LogP contribution in [0.5, 0.6) is 5.75 Å². The van der Waals surface area contributed by atoms with Crippen molar-refractivity contribution in [3.63, 3.8) is 0 Å². The van der Waals surface area contributed by atoms with Crippen molar-refractivity contribution in [1.82, 2.24) is 5.32 Å². The summed E-state index contributed by atoms with van der Waals surface area (Å²) in [6.07, 6.45) is 4.91.